The summed E-state index contributed by atoms with van der Waals surface area (Å²) in [7, 11) is -3.87. The van der Waals surface area contributed by atoms with Gasteiger partial charge in [0.1, 0.15) is 0 Å². The van der Waals surface area contributed by atoms with Gasteiger partial charge in [-0.15, -0.1) is 0 Å². The molecule has 0 spiro atoms. The summed E-state index contributed by atoms with van der Waals surface area (Å²) in [6, 6.07) is 4.41. The fraction of sp³-hybridized carbons (Fsp3) is 0.611. The first-order valence-corrected chi connectivity index (χ1v) is 11.5. The molecule has 1 heterocycles. The number of hydrogen-bond donors (Lipinski definition) is 2. The molecular weight excluding hydrogens is 434 g/mol. The molecule has 9 heteroatoms. The largest absolute Gasteiger partial charge is 0.379 e. The van der Waals surface area contributed by atoms with Crippen molar-refractivity contribution in [1.29, 1.82) is 0 Å². The second kappa shape index (κ2) is 9.97. The SMILES string of the molecule is CCC(CC)C(CNC(=O)c1cc(S(N)(=O)=O)ccc1Br)N1CCOCC1. The van der Waals surface area contributed by atoms with Crippen molar-refractivity contribution in [2.45, 2.75) is 37.6 Å². The first kappa shape index (κ1) is 22.3. The van der Waals surface area contributed by atoms with E-state index in [0.29, 0.717) is 30.1 Å². The molecule has 1 saturated heterocycles. The third kappa shape index (κ3) is 5.99. The van der Waals surface area contributed by atoms with Crippen molar-refractivity contribution in [3.8, 4) is 0 Å². The van der Waals surface area contributed by atoms with Crippen LogP contribution >= 0.6 is 15.9 Å². The van der Waals surface area contributed by atoms with E-state index in [9.17, 15) is 13.2 Å². The Balaban J connectivity index is 2.15. The summed E-state index contributed by atoms with van der Waals surface area (Å²) < 4.78 is 29.1. The van der Waals surface area contributed by atoms with Crippen molar-refractivity contribution in [3.63, 3.8) is 0 Å². The zero-order valence-corrected chi connectivity index (χ0v) is 18.2. The average molecular weight is 462 g/mol. The van der Waals surface area contributed by atoms with Gasteiger partial charge in [-0.3, -0.25) is 9.69 Å². The van der Waals surface area contributed by atoms with Gasteiger partial charge >= 0.3 is 0 Å². The highest BCUT2D eigenvalue weighted by Gasteiger charge is 2.27. The van der Waals surface area contributed by atoms with E-state index in [-0.39, 0.29) is 22.4 Å². The molecular formula is C18H28BrN3O4S. The lowest BCUT2D eigenvalue weighted by atomic mass is 9.92. The summed E-state index contributed by atoms with van der Waals surface area (Å²) >= 11 is 3.31. The van der Waals surface area contributed by atoms with E-state index >= 15 is 0 Å². The van der Waals surface area contributed by atoms with Gasteiger partial charge < -0.3 is 10.1 Å². The number of morpholine rings is 1. The number of halogens is 1. The van der Waals surface area contributed by atoms with Crippen molar-refractivity contribution >= 4 is 31.9 Å². The topological polar surface area (TPSA) is 102 Å². The molecule has 1 amide bonds. The Bertz CT molecular complexity index is 747. The van der Waals surface area contributed by atoms with Gasteiger partial charge in [-0.05, 0) is 40.0 Å². The number of amides is 1. The quantitative estimate of drug-likeness (QED) is 0.615. The standard InChI is InChI=1S/C18H28BrN3O4S/c1-3-13(4-2)17(22-7-9-26-10-8-22)12-21-18(23)15-11-14(27(20,24)25)5-6-16(15)19/h5-6,11,13,17H,3-4,7-10,12H2,1-2H3,(H,21,23)(H2,20,24,25). The van der Waals surface area contributed by atoms with Gasteiger partial charge in [-0.25, -0.2) is 13.6 Å². The van der Waals surface area contributed by atoms with Gasteiger partial charge in [0.25, 0.3) is 5.91 Å². The number of hydrogen-bond acceptors (Lipinski definition) is 5. The molecule has 0 aromatic heterocycles. The van der Waals surface area contributed by atoms with Gasteiger partial charge in [0.2, 0.25) is 10.0 Å². The molecule has 1 aromatic rings. The van der Waals surface area contributed by atoms with E-state index in [1.54, 1.807) is 0 Å². The summed E-state index contributed by atoms with van der Waals surface area (Å²) in [5, 5.41) is 8.16. The van der Waals surface area contributed by atoms with Crippen LogP contribution in [0.2, 0.25) is 0 Å². The molecule has 27 heavy (non-hydrogen) atoms. The first-order valence-electron chi connectivity index (χ1n) is 9.20. The van der Waals surface area contributed by atoms with E-state index < -0.39 is 10.0 Å². The number of carbonyl (C=O) groups is 1. The number of nitrogens with zero attached hydrogens (tertiary/aromatic N) is 1. The highest BCUT2D eigenvalue weighted by Crippen LogP contribution is 2.22. The average Bonchev–Trinajstić information content (AvgIpc) is 2.65. The molecule has 2 rings (SSSR count). The van der Waals surface area contributed by atoms with Crippen LogP contribution in [0.15, 0.2) is 27.6 Å². The van der Waals surface area contributed by atoms with Crippen LogP contribution in [0.1, 0.15) is 37.0 Å². The van der Waals surface area contributed by atoms with Gasteiger partial charge in [0.05, 0.1) is 23.7 Å². The number of nitrogens with two attached hydrogens (primary N) is 1. The summed E-state index contributed by atoms with van der Waals surface area (Å²) in [6.45, 7) is 7.92. The van der Waals surface area contributed by atoms with Gasteiger partial charge in [-0.2, -0.15) is 0 Å². The molecule has 152 valence electrons. The predicted octanol–water partition coefficient (Wildman–Crippen LogP) is 1.96. The summed E-state index contributed by atoms with van der Waals surface area (Å²) in [4.78, 5) is 15.0. The van der Waals surface area contributed by atoms with Crippen molar-refractivity contribution in [2.75, 3.05) is 32.8 Å². The van der Waals surface area contributed by atoms with Gasteiger partial charge in [0.15, 0.2) is 0 Å². The lowest BCUT2D eigenvalue weighted by molar-refractivity contribution is 0.00191. The minimum absolute atomic E-state index is 0.0828. The number of carbonyl (C=O) groups excluding carboxylic acids is 1. The number of ether oxygens (including phenoxy) is 1. The van der Waals surface area contributed by atoms with Crippen LogP contribution < -0.4 is 10.5 Å². The van der Waals surface area contributed by atoms with Crippen molar-refractivity contribution in [2.24, 2.45) is 11.1 Å². The third-order valence-corrected chi connectivity index (χ3v) is 6.69. The molecule has 0 saturated carbocycles. The molecule has 7 nitrogen and oxygen atoms in total. The predicted molar refractivity (Wildman–Crippen MR) is 108 cm³/mol. The molecule has 1 aliphatic heterocycles. The van der Waals surface area contributed by atoms with Crippen molar-refractivity contribution in [3.05, 3.63) is 28.2 Å². The highest BCUT2D eigenvalue weighted by molar-refractivity contribution is 9.10. The smallest absolute Gasteiger partial charge is 0.252 e. The minimum Gasteiger partial charge on any atom is -0.379 e. The fourth-order valence-corrected chi connectivity index (χ4v) is 4.45. The van der Waals surface area contributed by atoms with Gasteiger partial charge in [0, 0.05) is 30.1 Å². The van der Waals surface area contributed by atoms with Crippen molar-refractivity contribution in [1.82, 2.24) is 10.2 Å². The Kier molecular flexibility index (Phi) is 8.23. The minimum atomic E-state index is -3.87. The first-order chi connectivity index (χ1) is 12.8. The number of sulfonamides is 1. The Hall–Kier alpha value is -1.00. The van der Waals surface area contributed by atoms with Crippen molar-refractivity contribution < 1.29 is 17.9 Å². The van der Waals surface area contributed by atoms with E-state index in [1.807, 2.05) is 0 Å². The summed E-state index contributed by atoms with van der Waals surface area (Å²) in [5.74, 6) is 0.138. The van der Waals surface area contributed by atoms with Gasteiger partial charge in [-0.1, -0.05) is 26.7 Å². The second-order valence-electron chi connectivity index (χ2n) is 6.69. The molecule has 1 unspecified atom stereocenters. The highest BCUT2D eigenvalue weighted by atomic mass is 79.9. The van der Waals surface area contributed by atoms with E-state index in [1.165, 1.54) is 18.2 Å². The number of nitrogens with one attached hydrogen (secondary N) is 1. The Morgan fingerprint density at radius 1 is 1.30 bits per heavy atom. The molecule has 1 aliphatic rings. The number of benzene rings is 1. The maximum atomic E-state index is 12.7. The monoisotopic (exact) mass is 461 g/mol. The lowest BCUT2D eigenvalue weighted by Crippen LogP contribution is -2.52. The maximum absolute atomic E-state index is 12.7. The molecule has 1 fully saturated rings. The third-order valence-electron chi connectivity index (χ3n) is 5.09. The molecule has 3 N–H and O–H groups in total. The van der Waals surface area contributed by atoms with Crippen LogP contribution in [0, 0.1) is 5.92 Å². The zero-order valence-electron chi connectivity index (χ0n) is 15.8. The molecule has 1 aromatic carbocycles. The fourth-order valence-electron chi connectivity index (χ4n) is 3.48. The second-order valence-corrected chi connectivity index (χ2v) is 9.10. The van der Waals surface area contributed by atoms with E-state index in [4.69, 9.17) is 9.88 Å². The van der Waals surface area contributed by atoms with Crippen LogP contribution in [0.25, 0.3) is 0 Å². The Morgan fingerprint density at radius 2 is 1.93 bits per heavy atom. The summed E-state index contributed by atoms with van der Waals surface area (Å²) in [5.41, 5.74) is 0.256. The zero-order chi connectivity index (χ0) is 20.0. The number of rotatable bonds is 8. The van der Waals surface area contributed by atoms with E-state index in [0.717, 1.165) is 25.9 Å². The maximum Gasteiger partial charge on any atom is 0.252 e. The molecule has 1 atom stereocenters. The van der Waals surface area contributed by atoms with Crippen LogP contribution in [0.4, 0.5) is 0 Å². The lowest BCUT2D eigenvalue weighted by Gasteiger charge is -2.38. The number of primary sulfonamides is 1. The Morgan fingerprint density at radius 3 is 2.48 bits per heavy atom. The van der Waals surface area contributed by atoms with Crippen LogP contribution in [0.3, 0.4) is 0 Å². The van der Waals surface area contributed by atoms with Crippen LogP contribution in [-0.2, 0) is 14.8 Å². The molecule has 0 aliphatic carbocycles. The van der Waals surface area contributed by atoms with Crippen LogP contribution in [0.5, 0.6) is 0 Å². The molecule has 0 radical (unpaired) electrons. The summed E-state index contributed by atoms with van der Waals surface area (Å²) in [6.07, 6.45) is 2.05. The molecule has 0 bridgehead atoms. The van der Waals surface area contributed by atoms with E-state index in [2.05, 4.69) is 40.0 Å². The normalized spacial score (nSPS) is 17.1. The Labute approximate surface area is 169 Å². The van der Waals surface area contributed by atoms with Crippen LogP contribution in [-0.4, -0.2) is 58.1 Å².